The molecule has 5 nitrogen and oxygen atoms in total. The van der Waals surface area contributed by atoms with Crippen LogP contribution < -0.4 is 9.47 Å². The molecule has 0 radical (unpaired) electrons. The zero-order chi connectivity index (χ0) is 21.8. The normalized spacial score (nSPS) is 15.1. The van der Waals surface area contributed by atoms with Crippen molar-refractivity contribution in [2.45, 2.75) is 32.6 Å². The number of ether oxygens (including phenoxy) is 2. The van der Waals surface area contributed by atoms with Gasteiger partial charge < -0.3 is 18.8 Å². The average Bonchev–Trinajstić information content (AvgIpc) is 3.01. The van der Waals surface area contributed by atoms with Crippen molar-refractivity contribution in [1.29, 1.82) is 0 Å². The summed E-state index contributed by atoms with van der Waals surface area (Å²) >= 11 is 0. The molecule has 1 saturated heterocycles. The van der Waals surface area contributed by atoms with Crippen molar-refractivity contribution in [3.63, 3.8) is 0 Å². The molecule has 2 heterocycles. The van der Waals surface area contributed by atoms with Gasteiger partial charge in [-0.1, -0.05) is 25.0 Å². The Morgan fingerprint density at radius 3 is 2.52 bits per heavy atom. The predicted molar refractivity (Wildman–Crippen MR) is 123 cm³/mol. The van der Waals surface area contributed by atoms with E-state index in [1.165, 1.54) is 12.8 Å². The van der Waals surface area contributed by atoms with Gasteiger partial charge in [0.05, 0.1) is 20.5 Å². The molecule has 1 aromatic heterocycles. The average molecular weight is 420 g/mol. The first kappa shape index (κ1) is 21.0. The van der Waals surface area contributed by atoms with Gasteiger partial charge in [-0.05, 0) is 49.1 Å². The third-order valence-corrected chi connectivity index (χ3v) is 5.96. The zero-order valence-electron chi connectivity index (χ0n) is 18.4. The van der Waals surface area contributed by atoms with Crippen molar-refractivity contribution in [3.05, 3.63) is 54.3 Å². The Morgan fingerprint density at radius 1 is 1.03 bits per heavy atom. The fourth-order valence-electron chi connectivity index (χ4n) is 4.19. The molecule has 0 saturated carbocycles. The molecule has 3 aromatic rings. The van der Waals surface area contributed by atoms with E-state index in [9.17, 15) is 4.79 Å². The topological polar surface area (TPSA) is 51.9 Å². The van der Waals surface area contributed by atoms with E-state index >= 15 is 0 Å². The number of benzene rings is 2. The molecular formula is C26H29NO4. The quantitative estimate of drug-likeness (QED) is 0.482. The van der Waals surface area contributed by atoms with Gasteiger partial charge in [0.15, 0.2) is 0 Å². The minimum absolute atomic E-state index is 0.0711. The molecule has 0 atom stereocenters. The Hall–Kier alpha value is -3.21. The molecular weight excluding hydrogens is 390 g/mol. The fraction of sp³-hybridized carbons (Fsp3) is 0.346. The second-order valence-corrected chi connectivity index (χ2v) is 8.00. The molecule has 0 bridgehead atoms. The maximum atomic E-state index is 12.9. The number of carbonyl (C=O) groups excluding carboxylic acids is 1. The number of hydrogen-bond acceptors (Lipinski definition) is 4. The van der Waals surface area contributed by atoms with Crippen LogP contribution in [-0.2, 0) is 4.79 Å². The fourth-order valence-corrected chi connectivity index (χ4v) is 4.19. The lowest BCUT2D eigenvalue weighted by atomic mass is 9.99. The number of furan rings is 1. The van der Waals surface area contributed by atoms with Gasteiger partial charge in [-0.15, -0.1) is 0 Å². The minimum Gasteiger partial charge on any atom is -0.497 e. The van der Waals surface area contributed by atoms with E-state index in [2.05, 4.69) is 0 Å². The Kier molecular flexibility index (Phi) is 6.31. The first-order valence-electron chi connectivity index (χ1n) is 10.8. The highest BCUT2D eigenvalue weighted by molar-refractivity contribution is 6.00. The molecule has 31 heavy (non-hydrogen) atoms. The molecule has 1 aliphatic rings. The maximum Gasteiger partial charge on any atom is 0.246 e. The van der Waals surface area contributed by atoms with Crippen LogP contribution in [0, 0.1) is 0 Å². The van der Waals surface area contributed by atoms with Crippen LogP contribution in [0.5, 0.6) is 11.5 Å². The highest BCUT2D eigenvalue weighted by Gasteiger charge is 2.17. The predicted octanol–water partition coefficient (Wildman–Crippen LogP) is 5.92. The maximum absolute atomic E-state index is 12.9. The van der Waals surface area contributed by atoms with Crippen molar-refractivity contribution >= 4 is 22.4 Å². The van der Waals surface area contributed by atoms with Crippen molar-refractivity contribution in [2.24, 2.45) is 0 Å². The van der Waals surface area contributed by atoms with Gasteiger partial charge in [-0.25, -0.2) is 0 Å². The Balaban J connectivity index is 1.73. The summed E-state index contributed by atoms with van der Waals surface area (Å²) in [6.07, 6.45) is 8.04. The Bertz CT molecular complexity index is 1100. The third kappa shape index (κ3) is 4.46. The number of likely N-dealkylation sites (tertiary alicyclic amines) is 1. The van der Waals surface area contributed by atoms with Crippen molar-refractivity contribution < 1.29 is 18.7 Å². The molecule has 4 rings (SSSR count). The third-order valence-electron chi connectivity index (χ3n) is 5.96. The van der Waals surface area contributed by atoms with E-state index in [1.807, 2.05) is 48.2 Å². The molecule has 0 aliphatic carbocycles. The summed E-state index contributed by atoms with van der Waals surface area (Å²) in [5.41, 5.74) is 4.50. The first-order valence-corrected chi connectivity index (χ1v) is 10.8. The number of allylic oxidation sites excluding steroid dienone is 1. The number of methoxy groups -OCH3 is 2. The standard InChI is InChI=1S/C26H29NO4/c1-18(13-26(28)27-11-6-4-5-7-12-27)21-15-22-23(17-31-25(22)16-24(21)30-3)19-9-8-10-20(14-19)29-2/h8-10,13-17H,4-7,11-12H2,1-3H3/b18-13+. The number of hydrogen-bond donors (Lipinski definition) is 0. The van der Waals surface area contributed by atoms with E-state index in [0.29, 0.717) is 5.75 Å². The summed E-state index contributed by atoms with van der Waals surface area (Å²) in [4.78, 5) is 14.8. The van der Waals surface area contributed by atoms with Gasteiger partial charge in [0, 0.05) is 41.7 Å². The number of amides is 1. The van der Waals surface area contributed by atoms with Crippen LogP contribution in [0.4, 0.5) is 0 Å². The zero-order valence-corrected chi connectivity index (χ0v) is 18.4. The monoisotopic (exact) mass is 419 g/mol. The van der Waals surface area contributed by atoms with E-state index in [0.717, 1.165) is 64.9 Å². The van der Waals surface area contributed by atoms with Crippen LogP contribution in [0.1, 0.15) is 38.2 Å². The van der Waals surface area contributed by atoms with E-state index in [1.54, 1.807) is 26.6 Å². The molecule has 1 fully saturated rings. The number of fused-ring (bicyclic) bond motifs is 1. The highest BCUT2D eigenvalue weighted by Crippen LogP contribution is 2.38. The Labute approximate surface area is 183 Å². The smallest absolute Gasteiger partial charge is 0.246 e. The summed E-state index contributed by atoms with van der Waals surface area (Å²) in [5.74, 6) is 1.55. The molecule has 0 N–H and O–H groups in total. The summed E-state index contributed by atoms with van der Waals surface area (Å²) in [6.45, 7) is 3.63. The highest BCUT2D eigenvalue weighted by atomic mass is 16.5. The van der Waals surface area contributed by atoms with Crippen LogP contribution in [-0.4, -0.2) is 38.1 Å². The molecule has 162 valence electrons. The molecule has 5 heteroatoms. The second kappa shape index (κ2) is 9.29. The van der Waals surface area contributed by atoms with Crippen LogP contribution >= 0.6 is 0 Å². The first-order chi connectivity index (χ1) is 15.1. The van der Waals surface area contributed by atoms with E-state index in [4.69, 9.17) is 13.9 Å². The molecule has 0 spiro atoms. The van der Waals surface area contributed by atoms with E-state index < -0.39 is 0 Å². The van der Waals surface area contributed by atoms with Gasteiger partial charge >= 0.3 is 0 Å². The molecule has 2 aromatic carbocycles. The van der Waals surface area contributed by atoms with Crippen LogP contribution in [0.3, 0.4) is 0 Å². The number of nitrogens with zero attached hydrogens (tertiary/aromatic N) is 1. The SMILES string of the molecule is COc1cccc(-c2coc3cc(OC)c(/C(C)=C/C(=O)N4CCCCCC4)cc23)c1. The van der Waals surface area contributed by atoms with Gasteiger partial charge in [-0.3, -0.25) is 4.79 Å². The van der Waals surface area contributed by atoms with Gasteiger partial charge in [-0.2, -0.15) is 0 Å². The lowest BCUT2D eigenvalue weighted by Crippen LogP contribution is -2.30. The van der Waals surface area contributed by atoms with Crippen molar-refractivity contribution in [3.8, 4) is 22.6 Å². The molecule has 1 aliphatic heterocycles. The van der Waals surface area contributed by atoms with Gasteiger partial charge in [0.2, 0.25) is 5.91 Å². The summed E-state index contributed by atoms with van der Waals surface area (Å²) < 4.78 is 16.8. The van der Waals surface area contributed by atoms with E-state index in [-0.39, 0.29) is 5.91 Å². The van der Waals surface area contributed by atoms with Crippen molar-refractivity contribution in [2.75, 3.05) is 27.3 Å². The number of rotatable bonds is 5. The van der Waals surface area contributed by atoms with Gasteiger partial charge in [0.1, 0.15) is 17.1 Å². The molecule has 0 unspecified atom stereocenters. The van der Waals surface area contributed by atoms with Gasteiger partial charge in [0.25, 0.3) is 0 Å². The van der Waals surface area contributed by atoms with Crippen LogP contribution in [0.25, 0.3) is 27.7 Å². The number of carbonyl (C=O) groups is 1. The largest absolute Gasteiger partial charge is 0.497 e. The summed E-state index contributed by atoms with van der Waals surface area (Å²) in [5, 5.41) is 0.971. The molecule has 1 amide bonds. The second-order valence-electron chi connectivity index (χ2n) is 8.00. The van der Waals surface area contributed by atoms with Crippen molar-refractivity contribution in [1.82, 2.24) is 4.90 Å². The lowest BCUT2D eigenvalue weighted by molar-refractivity contribution is -0.125. The minimum atomic E-state index is 0.0711. The Morgan fingerprint density at radius 2 is 1.81 bits per heavy atom. The van der Waals surface area contributed by atoms with Crippen LogP contribution in [0.2, 0.25) is 0 Å². The summed E-state index contributed by atoms with van der Waals surface area (Å²) in [6, 6.07) is 11.8. The summed E-state index contributed by atoms with van der Waals surface area (Å²) in [7, 11) is 3.30. The van der Waals surface area contributed by atoms with Crippen LogP contribution in [0.15, 0.2) is 53.2 Å². The lowest BCUT2D eigenvalue weighted by Gasteiger charge is -2.19.